The molecule has 1 aromatic heterocycles. The van der Waals surface area contributed by atoms with Crippen LogP contribution in [0, 0.1) is 0 Å². The number of nitrogens with zero attached hydrogens (tertiary/aromatic N) is 1. The van der Waals surface area contributed by atoms with Gasteiger partial charge in [-0.25, -0.2) is 0 Å². The van der Waals surface area contributed by atoms with Crippen molar-refractivity contribution in [2.45, 2.75) is 43.9 Å². The molecule has 0 amide bonds. The van der Waals surface area contributed by atoms with E-state index in [-0.39, 0.29) is 4.90 Å². The van der Waals surface area contributed by atoms with E-state index >= 15 is 0 Å². The summed E-state index contributed by atoms with van der Waals surface area (Å²) in [6.07, 6.45) is 5.62. The minimum atomic E-state index is -4.63. The second kappa shape index (κ2) is 5.25. The maximum Gasteiger partial charge on any atom is 0.335 e. The molecule has 6 heteroatoms. The van der Waals surface area contributed by atoms with Gasteiger partial charge in [0.1, 0.15) is 4.90 Å². The molecular weight excluding hydrogens is 219 g/mol. The van der Waals surface area contributed by atoms with Crippen LogP contribution in [0.2, 0.25) is 0 Å². The number of hydrogen-bond acceptors (Lipinski definition) is 3. The molecule has 0 aliphatic heterocycles. The number of aromatic nitrogens is 2. The van der Waals surface area contributed by atoms with Gasteiger partial charge < -0.3 is 0 Å². The topological polar surface area (TPSA) is 62.8 Å². The maximum atomic E-state index is 12.7. The van der Waals surface area contributed by atoms with Crippen molar-refractivity contribution in [2.75, 3.05) is 0 Å². The molecule has 0 aliphatic carbocycles. The zero-order valence-corrected chi connectivity index (χ0v) is 9.48. The van der Waals surface area contributed by atoms with Crippen molar-refractivity contribution in [3.05, 3.63) is 11.9 Å². The highest BCUT2D eigenvalue weighted by Crippen LogP contribution is 2.17. The third kappa shape index (κ3) is 3.62. The maximum absolute atomic E-state index is 12.7. The van der Waals surface area contributed by atoms with Gasteiger partial charge >= 0.3 is 10.2 Å². The molecule has 0 spiro atoms. The van der Waals surface area contributed by atoms with Gasteiger partial charge in [-0.2, -0.15) is 13.5 Å². The Bertz CT molecular complexity index is 400. The molecule has 0 atom stereocenters. The minimum absolute atomic E-state index is 0.320. The second-order valence-corrected chi connectivity index (χ2v) is 4.78. The average molecular weight is 234 g/mol. The summed E-state index contributed by atoms with van der Waals surface area (Å²) in [5.74, 6) is 0. The highest BCUT2D eigenvalue weighted by Gasteiger charge is 2.18. The third-order valence-corrected chi connectivity index (χ3v) is 3.10. The molecule has 0 unspecified atom stereocenters. The Kier molecular flexibility index (Phi) is 4.26. The lowest BCUT2D eigenvalue weighted by molar-refractivity contribution is 0.550. The van der Waals surface area contributed by atoms with Gasteiger partial charge in [0.15, 0.2) is 0 Å². The van der Waals surface area contributed by atoms with Crippen LogP contribution in [-0.2, 0) is 16.6 Å². The largest absolute Gasteiger partial charge is 0.335 e. The summed E-state index contributed by atoms with van der Waals surface area (Å²) in [5, 5.41) is 6.06. The molecule has 1 N–H and O–H groups in total. The molecule has 0 aromatic carbocycles. The van der Waals surface area contributed by atoms with Gasteiger partial charge in [0.05, 0.1) is 11.9 Å². The SMILES string of the molecule is CCCCCCc1[nH]ncc1S(=O)(=O)F. The Morgan fingerprint density at radius 3 is 2.73 bits per heavy atom. The molecule has 0 saturated heterocycles. The van der Waals surface area contributed by atoms with Crippen LogP contribution >= 0.6 is 0 Å². The first kappa shape index (κ1) is 12.2. The second-order valence-electron chi connectivity index (χ2n) is 3.46. The van der Waals surface area contributed by atoms with E-state index in [1.807, 2.05) is 0 Å². The molecule has 4 nitrogen and oxygen atoms in total. The van der Waals surface area contributed by atoms with Gasteiger partial charge in [-0.15, -0.1) is 3.89 Å². The Morgan fingerprint density at radius 2 is 2.13 bits per heavy atom. The van der Waals surface area contributed by atoms with E-state index in [1.165, 1.54) is 0 Å². The molecule has 86 valence electrons. The quantitative estimate of drug-likeness (QED) is 0.606. The van der Waals surface area contributed by atoms with E-state index in [1.54, 1.807) is 0 Å². The smallest absolute Gasteiger partial charge is 0.281 e. The Morgan fingerprint density at radius 1 is 1.40 bits per heavy atom. The van der Waals surface area contributed by atoms with Crippen LogP contribution in [0.5, 0.6) is 0 Å². The summed E-state index contributed by atoms with van der Waals surface area (Å²) in [7, 11) is -4.63. The van der Waals surface area contributed by atoms with Crippen molar-refractivity contribution >= 4 is 10.2 Å². The van der Waals surface area contributed by atoms with Gasteiger partial charge in [-0.05, 0) is 12.8 Å². The van der Waals surface area contributed by atoms with Crippen molar-refractivity contribution < 1.29 is 12.3 Å². The van der Waals surface area contributed by atoms with Gasteiger partial charge in [0, 0.05) is 0 Å². The molecule has 0 bridgehead atoms. The van der Waals surface area contributed by atoms with Crippen molar-refractivity contribution in [2.24, 2.45) is 0 Å². The third-order valence-electron chi connectivity index (χ3n) is 2.22. The van der Waals surface area contributed by atoms with Crippen molar-refractivity contribution in [1.82, 2.24) is 10.2 Å². The van der Waals surface area contributed by atoms with E-state index in [4.69, 9.17) is 0 Å². The lowest BCUT2D eigenvalue weighted by atomic mass is 10.1. The van der Waals surface area contributed by atoms with Crippen LogP contribution in [0.15, 0.2) is 11.1 Å². The highest BCUT2D eigenvalue weighted by molar-refractivity contribution is 7.86. The summed E-state index contributed by atoms with van der Waals surface area (Å²) < 4.78 is 34.1. The van der Waals surface area contributed by atoms with Gasteiger partial charge in [-0.1, -0.05) is 26.2 Å². The van der Waals surface area contributed by atoms with Crippen LogP contribution in [0.3, 0.4) is 0 Å². The summed E-state index contributed by atoms with van der Waals surface area (Å²) in [6.45, 7) is 2.09. The standard InChI is InChI=1S/C9H15FN2O2S/c1-2-3-4-5-6-8-9(7-11-12-8)15(10,13)14/h7H,2-6H2,1H3,(H,11,12). The first-order valence-electron chi connectivity index (χ1n) is 5.02. The predicted octanol–water partition coefficient (Wildman–Crippen LogP) is 2.19. The summed E-state index contributed by atoms with van der Waals surface area (Å²) >= 11 is 0. The van der Waals surface area contributed by atoms with Gasteiger partial charge in [0.2, 0.25) is 0 Å². The molecule has 0 saturated carbocycles. The number of aryl methyl sites for hydroxylation is 1. The van der Waals surface area contributed by atoms with E-state index in [2.05, 4.69) is 17.1 Å². The first-order chi connectivity index (χ1) is 7.05. The van der Waals surface area contributed by atoms with E-state index in [9.17, 15) is 12.3 Å². The van der Waals surface area contributed by atoms with Crippen LogP contribution in [0.25, 0.3) is 0 Å². The Labute approximate surface area is 89.1 Å². The molecule has 1 heterocycles. The molecule has 1 aromatic rings. The molecule has 0 fully saturated rings. The summed E-state index contributed by atoms with van der Waals surface area (Å²) in [5.41, 5.74) is 0.369. The lowest BCUT2D eigenvalue weighted by Crippen LogP contribution is -1.97. The fourth-order valence-corrected chi connectivity index (χ4v) is 2.04. The molecule has 0 radical (unpaired) electrons. The number of aromatic amines is 1. The van der Waals surface area contributed by atoms with Crippen LogP contribution < -0.4 is 0 Å². The fraction of sp³-hybridized carbons (Fsp3) is 0.667. The highest BCUT2D eigenvalue weighted by atomic mass is 32.3. The molecular formula is C9H15FN2O2S. The average Bonchev–Trinajstić information content (AvgIpc) is 2.59. The van der Waals surface area contributed by atoms with E-state index in [0.717, 1.165) is 31.9 Å². The zero-order valence-electron chi connectivity index (χ0n) is 8.66. The summed E-state index contributed by atoms with van der Waals surface area (Å²) in [6, 6.07) is 0. The Balaban J connectivity index is 2.59. The van der Waals surface area contributed by atoms with Crippen molar-refractivity contribution in [1.29, 1.82) is 0 Å². The number of H-pyrrole nitrogens is 1. The number of hydrogen-bond donors (Lipinski definition) is 1. The number of unbranched alkanes of at least 4 members (excludes halogenated alkanes) is 3. The molecule has 0 aliphatic rings. The minimum Gasteiger partial charge on any atom is -0.281 e. The van der Waals surface area contributed by atoms with E-state index < -0.39 is 10.2 Å². The first-order valence-corrected chi connectivity index (χ1v) is 6.41. The number of halogens is 1. The monoisotopic (exact) mass is 234 g/mol. The van der Waals surface area contributed by atoms with Crippen LogP contribution in [0.4, 0.5) is 3.89 Å². The number of nitrogens with one attached hydrogen (secondary N) is 1. The van der Waals surface area contributed by atoms with Gasteiger partial charge in [0.25, 0.3) is 0 Å². The fourth-order valence-electron chi connectivity index (χ4n) is 1.42. The van der Waals surface area contributed by atoms with Gasteiger partial charge in [-0.3, -0.25) is 5.10 Å². The number of rotatable bonds is 6. The normalized spacial score (nSPS) is 11.9. The van der Waals surface area contributed by atoms with Crippen LogP contribution in [-0.4, -0.2) is 18.6 Å². The van der Waals surface area contributed by atoms with Crippen molar-refractivity contribution in [3.8, 4) is 0 Å². The lowest BCUT2D eigenvalue weighted by Gasteiger charge is -1.99. The summed E-state index contributed by atoms with van der Waals surface area (Å²) in [4.78, 5) is -0.320. The van der Waals surface area contributed by atoms with E-state index in [0.29, 0.717) is 12.1 Å². The predicted molar refractivity (Wildman–Crippen MR) is 54.7 cm³/mol. The van der Waals surface area contributed by atoms with Crippen molar-refractivity contribution in [3.63, 3.8) is 0 Å². The molecule has 15 heavy (non-hydrogen) atoms. The Hall–Kier alpha value is -0.910. The molecule has 1 rings (SSSR count). The zero-order chi connectivity index (χ0) is 11.3. The van der Waals surface area contributed by atoms with Crippen LogP contribution in [0.1, 0.15) is 38.3 Å².